The molecule has 5 nitrogen and oxygen atoms in total. The van der Waals surface area contributed by atoms with Gasteiger partial charge in [0.25, 0.3) is 0 Å². The summed E-state index contributed by atoms with van der Waals surface area (Å²) in [6.45, 7) is 5.24. The zero-order valence-electron chi connectivity index (χ0n) is 15.5. The molecule has 0 radical (unpaired) electrons. The van der Waals surface area contributed by atoms with Gasteiger partial charge in [0.05, 0.1) is 13.7 Å². The zero-order valence-corrected chi connectivity index (χ0v) is 15.5. The Labute approximate surface area is 155 Å². The van der Waals surface area contributed by atoms with Crippen molar-refractivity contribution in [3.05, 3.63) is 59.7 Å². The summed E-state index contributed by atoms with van der Waals surface area (Å²) in [5.74, 6) is 2.07. The smallest absolute Gasteiger partial charge is 0.194 e. The third-order valence-electron chi connectivity index (χ3n) is 4.80. The van der Waals surface area contributed by atoms with Gasteiger partial charge in [-0.05, 0) is 25.0 Å². The van der Waals surface area contributed by atoms with Gasteiger partial charge in [-0.3, -0.25) is 0 Å². The van der Waals surface area contributed by atoms with E-state index in [1.54, 1.807) is 13.2 Å². The molecule has 0 saturated carbocycles. The van der Waals surface area contributed by atoms with Crippen molar-refractivity contribution in [1.82, 2.24) is 10.2 Å². The molecule has 0 bridgehead atoms. The fourth-order valence-corrected chi connectivity index (χ4v) is 3.40. The van der Waals surface area contributed by atoms with Crippen LogP contribution in [0.2, 0.25) is 0 Å². The number of guanidine groups is 1. The number of nitrogens with one attached hydrogen (secondary N) is 1. The Bertz CT molecular complexity index is 746. The average Bonchev–Trinajstić information content (AvgIpc) is 3.17. The van der Waals surface area contributed by atoms with Gasteiger partial charge in [0.2, 0.25) is 0 Å². The minimum Gasteiger partial charge on any atom is -0.504 e. The van der Waals surface area contributed by atoms with Gasteiger partial charge in [-0.1, -0.05) is 42.5 Å². The lowest BCUT2D eigenvalue weighted by molar-refractivity contribution is 0.370. The first-order chi connectivity index (χ1) is 12.7. The van der Waals surface area contributed by atoms with Gasteiger partial charge in [0.1, 0.15) is 0 Å². The van der Waals surface area contributed by atoms with E-state index in [1.807, 2.05) is 12.1 Å². The predicted molar refractivity (Wildman–Crippen MR) is 105 cm³/mol. The number of likely N-dealkylation sites (tertiary alicyclic amines) is 1. The molecule has 5 heteroatoms. The van der Waals surface area contributed by atoms with E-state index in [1.165, 1.54) is 5.56 Å². The molecule has 1 saturated heterocycles. The van der Waals surface area contributed by atoms with Gasteiger partial charge >= 0.3 is 0 Å². The van der Waals surface area contributed by atoms with Gasteiger partial charge in [-0.2, -0.15) is 0 Å². The van der Waals surface area contributed by atoms with E-state index in [4.69, 9.17) is 9.73 Å². The molecule has 1 unspecified atom stereocenters. The van der Waals surface area contributed by atoms with Crippen LogP contribution in [0.25, 0.3) is 0 Å². The molecule has 3 rings (SSSR count). The van der Waals surface area contributed by atoms with E-state index >= 15 is 0 Å². The first kappa shape index (κ1) is 18.1. The van der Waals surface area contributed by atoms with E-state index in [0.29, 0.717) is 18.2 Å². The Kier molecular flexibility index (Phi) is 6.00. The second-order valence-corrected chi connectivity index (χ2v) is 6.48. The molecular formula is C21H27N3O2. The summed E-state index contributed by atoms with van der Waals surface area (Å²) in [6.07, 6.45) is 1.12. The largest absolute Gasteiger partial charge is 0.504 e. The van der Waals surface area contributed by atoms with Gasteiger partial charge in [0.15, 0.2) is 17.5 Å². The minimum atomic E-state index is 0.165. The van der Waals surface area contributed by atoms with Crippen LogP contribution in [0.5, 0.6) is 11.5 Å². The minimum absolute atomic E-state index is 0.165. The molecule has 2 aromatic rings. The molecule has 138 valence electrons. The summed E-state index contributed by atoms with van der Waals surface area (Å²) < 4.78 is 5.18. The van der Waals surface area contributed by atoms with E-state index in [-0.39, 0.29) is 5.75 Å². The molecule has 1 atom stereocenters. The number of ether oxygens (including phenoxy) is 1. The second-order valence-electron chi connectivity index (χ2n) is 6.48. The molecule has 0 spiro atoms. The van der Waals surface area contributed by atoms with Crippen molar-refractivity contribution in [3.8, 4) is 11.5 Å². The van der Waals surface area contributed by atoms with Crippen molar-refractivity contribution in [2.45, 2.75) is 25.8 Å². The van der Waals surface area contributed by atoms with Crippen molar-refractivity contribution in [2.75, 3.05) is 26.7 Å². The predicted octanol–water partition coefficient (Wildman–Crippen LogP) is 3.36. The second kappa shape index (κ2) is 8.61. The van der Waals surface area contributed by atoms with Crippen LogP contribution in [0.1, 0.15) is 30.4 Å². The molecule has 0 aliphatic carbocycles. The number of phenols is 1. The lowest BCUT2D eigenvalue weighted by Crippen LogP contribution is -2.40. The third-order valence-corrected chi connectivity index (χ3v) is 4.80. The zero-order chi connectivity index (χ0) is 18.4. The van der Waals surface area contributed by atoms with Gasteiger partial charge < -0.3 is 20.1 Å². The number of aliphatic imine (C=N–C) groups is 1. The number of aromatic hydroxyl groups is 1. The monoisotopic (exact) mass is 353 g/mol. The molecule has 0 amide bonds. The van der Waals surface area contributed by atoms with E-state index in [2.05, 4.69) is 47.5 Å². The van der Waals surface area contributed by atoms with Crippen LogP contribution in [0.3, 0.4) is 0 Å². The molecule has 26 heavy (non-hydrogen) atoms. The Morgan fingerprint density at radius 1 is 1.23 bits per heavy atom. The first-order valence-corrected chi connectivity index (χ1v) is 9.16. The van der Waals surface area contributed by atoms with E-state index in [9.17, 15) is 5.11 Å². The van der Waals surface area contributed by atoms with Crippen LogP contribution in [0, 0.1) is 0 Å². The van der Waals surface area contributed by atoms with Crippen LogP contribution in [-0.4, -0.2) is 42.7 Å². The van der Waals surface area contributed by atoms with Crippen molar-refractivity contribution in [2.24, 2.45) is 4.99 Å². The summed E-state index contributed by atoms with van der Waals surface area (Å²) in [7, 11) is 1.56. The highest BCUT2D eigenvalue weighted by Crippen LogP contribution is 2.30. The molecule has 2 N–H and O–H groups in total. The third kappa shape index (κ3) is 4.10. The Morgan fingerprint density at radius 2 is 2.04 bits per heavy atom. The molecule has 1 fully saturated rings. The standard InChI is InChI=1S/C21H27N3O2/c1-3-22-21(23-14-17-10-7-11-19(26-2)20(17)25)24-13-12-18(15-24)16-8-5-4-6-9-16/h4-11,18,25H,3,12-15H2,1-2H3,(H,22,23). The fraction of sp³-hybridized carbons (Fsp3) is 0.381. The maximum Gasteiger partial charge on any atom is 0.194 e. The molecule has 1 aliphatic rings. The van der Waals surface area contributed by atoms with Crippen molar-refractivity contribution in [3.63, 3.8) is 0 Å². The Morgan fingerprint density at radius 3 is 2.77 bits per heavy atom. The quantitative estimate of drug-likeness (QED) is 0.639. The maximum atomic E-state index is 10.3. The number of hydrogen-bond donors (Lipinski definition) is 2. The summed E-state index contributed by atoms with van der Waals surface area (Å²) >= 11 is 0. The molecule has 1 heterocycles. The Balaban J connectivity index is 1.72. The normalized spacial score (nSPS) is 17.4. The number of para-hydroxylation sites is 1. The van der Waals surface area contributed by atoms with E-state index in [0.717, 1.165) is 37.6 Å². The lowest BCUT2D eigenvalue weighted by atomic mass is 9.99. The average molecular weight is 353 g/mol. The number of benzene rings is 2. The lowest BCUT2D eigenvalue weighted by Gasteiger charge is -2.22. The van der Waals surface area contributed by atoms with Crippen LogP contribution in [0.4, 0.5) is 0 Å². The van der Waals surface area contributed by atoms with Crippen molar-refractivity contribution < 1.29 is 9.84 Å². The molecular weight excluding hydrogens is 326 g/mol. The molecule has 0 aromatic heterocycles. The fourth-order valence-electron chi connectivity index (χ4n) is 3.40. The summed E-state index contributed by atoms with van der Waals surface area (Å²) in [5, 5.41) is 13.6. The summed E-state index contributed by atoms with van der Waals surface area (Å²) in [6, 6.07) is 16.2. The van der Waals surface area contributed by atoms with Crippen molar-refractivity contribution >= 4 is 5.96 Å². The highest BCUT2D eigenvalue weighted by atomic mass is 16.5. The first-order valence-electron chi connectivity index (χ1n) is 9.16. The topological polar surface area (TPSA) is 57.1 Å². The Hall–Kier alpha value is -2.69. The van der Waals surface area contributed by atoms with Gasteiger partial charge in [0, 0.05) is 31.1 Å². The summed E-state index contributed by atoms with van der Waals surface area (Å²) in [4.78, 5) is 7.05. The van der Waals surface area contributed by atoms with Crippen LogP contribution < -0.4 is 10.1 Å². The number of hydrogen-bond acceptors (Lipinski definition) is 3. The number of phenolic OH excluding ortho intramolecular Hbond substituents is 1. The number of rotatable bonds is 5. The number of nitrogens with zero attached hydrogens (tertiary/aromatic N) is 2. The van der Waals surface area contributed by atoms with Crippen LogP contribution in [0.15, 0.2) is 53.5 Å². The maximum absolute atomic E-state index is 10.3. The molecule has 2 aromatic carbocycles. The SMILES string of the molecule is CCNC(=NCc1cccc(OC)c1O)N1CCC(c2ccccc2)C1. The highest BCUT2D eigenvalue weighted by Gasteiger charge is 2.25. The van der Waals surface area contributed by atoms with Crippen molar-refractivity contribution in [1.29, 1.82) is 0 Å². The van der Waals surface area contributed by atoms with Crippen LogP contribution >= 0.6 is 0 Å². The summed E-state index contributed by atoms with van der Waals surface area (Å²) in [5.41, 5.74) is 2.15. The number of methoxy groups -OCH3 is 1. The van der Waals surface area contributed by atoms with E-state index < -0.39 is 0 Å². The van der Waals surface area contributed by atoms with Crippen LogP contribution in [-0.2, 0) is 6.54 Å². The highest BCUT2D eigenvalue weighted by molar-refractivity contribution is 5.80. The van der Waals surface area contributed by atoms with Gasteiger partial charge in [-0.25, -0.2) is 4.99 Å². The van der Waals surface area contributed by atoms with Gasteiger partial charge in [-0.15, -0.1) is 0 Å². The molecule has 1 aliphatic heterocycles.